The molecule has 14 heavy (non-hydrogen) atoms. The molecule has 82 valence electrons. The minimum absolute atomic E-state index is 1.02. The van der Waals surface area contributed by atoms with Crippen molar-refractivity contribution in [3.05, 3.63) is 0 Å². The van der Waals surface area contributed by atoms with E-state index in [0.29, 0.717) is 0 Å². The van der Waals surface area contributed by atoms with Crippen molar-refractivity contribution in [3.8, 4) is 0 Å². The van der Waals surface area contributed by atoms with Crippen LogP contribution in [0.25, 0.3) is 0 Å². The van der Waals surface area contributed by atoms with Crippen LogP contribution in [0.2, 0.25) is 0 Å². The average Bonchev–Trinajstić information content (AvgIpc) is 2.79. The van der Waals surface area contributed by atoms with E-state index < -0.39 is 0 Å². The summed E-state index contributed by atoms with van der Waals surface area (Å²) in [5, 5.41) is 0. The van der Waals surface area contributed by atoms with Gasteiger partial charge in [0.15, 0.2) is 0 Å². The van der Waals surface area contributed by atoms with Crippen LogP contribution in [0.4, 0.5) is 0 Å². The summed E-state index contributed by atoms with van der Waals surface area (Å²) in [6, 6.07) is 0. The van der Waals surface area contributed by atoms with E-state index >= 15 is 0 Å². The summed E-state index contributed by atoms with van der Waals surface area (Å²) in [5.74, 6) is 1.02. The Hall–Kier alpha value is -0.0800. The number of hydrogen-bond acceptors (Lipinski definition) is 2. The van der Waals surface area contributed by atoms with Gasteiger partial charge < -0.3 is 0 Å². The molecule has 1 aliphatic carbocycles. The summed E-state index contributed by atoms with van der Waals surface area (Å²) in [6.45, 7) is 8.81. The third-order valence-electron chi connectivity index (χ3n) is 3.66. The molecule has 0 bridgehead atoms. The first-order chi connectivity index (χ1) is 6.88. The van der Waals surface area contributed by atoms with Gasteiger partial charge in [-0.15, -0.1) is 0 Å². The van der Waals surface area contributed by atoms with Gasteiger partial charge in [-0.1, -0.05) is 19.8 Å². The quantitative estimate of drug-likeness (QED) is 0.680. The first-order valence-electron chi connectivity index (χ1n) is 6.33. The molecule has 0 radical (unpaired) electrons. The van der Waals surface area contributed by atoms with Crippen molar-refractivity contribution in [2.45, 2.75) is 39.0 Å². The minimum Gasteiger partial charge on any atom is -0.289 e. The summed E-state index contributed by atoms with van der Waals surface area (Å²) in [6.07, 6.45) is 7.25. The third-order valence-corrected chi connectivity index (χ3v) is 3.66. The fourth-order valence-electron chi connectivity index (χ4n) is 2.91. The molecule has 0 unspecified atom stereocenters. The van der Waals surface area contributed by atoms with E-state index in [2.05, 4.69) is 16.7 Å². The molecule has 0 N–H and O–H groups in total. The van der Waals surface area contributed by atoms with Crippen LogP contribution in [0.3, 0.4) is 0 Å². The standard InChI is InChI=1S/C12H24N2/c1-2-7-13-8-9-14(11-13)10-12-5-3-4-6-12/h12H,2-11H2,1H3. The smallest absolute Gasteiger partial charge is 0.0507 e. The van der Waals surface area contributed by atoms with Crippen molar-refractivity contribution >= 4 is 0 Å². The van der Waals surface area contributed by atoms with E-state index in [1.54, 1.807) is 0 Å². The zero-order valence-corrected chi connectivity index (χ0v) is 9.54. The Bertz CT molecular complexity index is 164. The van der Waals surface area contributed by atoms with Crippen molar-refractivity contribution in [1.29, 1.82) is 0 Å². The van der Waals surface area contributed by atoms with Gasteiger partial charge in [0, 0.05) is 19.6 Å². The Labute approximate surface area is 88.3 Å². The van der Waals surface area contributed by atoms with E-state index in [0.717, 1.165) is 5.92 Å². The first-order valence-corrected chi connectivity index (χ1v) is 6.33. The molecule has 1 saturated heterocycles. The normalized spacial score (nSPS) is 26.4. The van der Waals surface area contributed by atoms with Gasteiger partial charge >= 0.3 is 0 Å². The number of hydrogen-bond donors (Lipinski definition) is 0. The SMILES string of the molecule is CCCN1CCN(CC2CCCC2)C1. The molecule has 0 aromatic carbocycles. The Morgan fingerprint density at radius 2 is 1.79 bits per heavy atom. The molecule has 2 aliphatic rings. The van der Waals surface area contributed by atoms with Crippen LogP contribution >= 0.6 is 0 Å². The maximum atomic E-state index is 2.66. The maximum Gasteiger partial charge on any atom is 0.0507 e. The van der Waals surface area contributed by atoms with Crippen molar-refractivity contribution in [2.75, 3.05) is 32.8 Å². The lowest BCUT2D eigenvalue weighted by Gasteiger charge is -2.20. The van der Waals surface area contributed by atoms with Crippen molar-refractivity contribution in [3.63, 3.8) is 0 Å². The van der Waals surface area contributed by atoms with E-state index in [1.807, 2.05) is 0 Å². The van der Waals surface area contributed by atoms with Crippen molar-refractivity contribution in [1.82, 2.24) is 9.80 Å². The average molecular weight is 196 g/mol. The second kappa shape index (κ2) is 5.13. The summed E-state index contributed by atoms with van der Waals surface area (Å²) in [5.41, 5.74) is 0. The van der Waals surface area contributed by atoms with Gasteiger partial charge in [0.05, 0.1) is 6.67 Å². The Morgan fingerprint density at radius 1 is 1.07 bits per heavy atom. The Morgan fingerprint density at radius 3 is 2.50 bits per heavy atom. The summed E-state index contributed by atoms with van der Waals surface area (Å²) in [4.78, 5) is 5.25. The highest BCUT2D eigenvalue weighted by Crippen LogP contribution is 2.26. The monoisotopic (exact) mass is 196 g/mol. The largest absolute Gasteiger partial charge is 0.289 e. The lowest BCUT2D eigenvalue weighted by atomic mass is 10.1. The summed E-state index contributed by atoms with van der Waals surface area (Å²) >= 11 is 0. The molecule has 0 spiro atoms. The van der Waals surface area contributed by atoms with Gasteiger partial charge in [0.2, 0.25) is 0 Å². The van der Waals surface area contributed by atoms with Gasteiger partial charge in [-0.25, -0.2) is 0 Å². The lowest BCUT2D eigenvalue weighted by Crippen LogP contribution is -2.29. The van der Waals surface area contributed by atoms with Crippen LogP contribution in [0.1, 0.15) is 39.0 Å². The van der Waals surface area contributed by atoms with E-state index in [4.69, 9.17) is 0 Å². The zero-order chi connectivity index (χ0) is 9.80. The van der Waals surface area contributed by atoms with Gasteiger partial charge in [0.1, 0.15) is 0 Å². The van der Waals surface area contributed by atoms with E-state index in [1.165, 1.54) is 65.0 Å². The molecule has 1 saturated carbocycles. The van der Waals surface area contributed by atoms with Gasteiger partial charge in [-0.2, -0.15) is 0 Å². The highest BCUT2D eigenvalue weighted by Gasteiger charge is 2.23. The second-order valence-corrected chi connectivity index (χ2v) is 4.99. The Kier molecular flexibility index (Phi) is 3.82. The van der Waals surface area contributed by atoms with Crippen LogP contribution in [-0.4, -0.2) is 42.6 Å². The predicted molar refractivity (Wildman–Crippen MR) is 60.3 cm³/mol. The third kappa shape index (κ3) is 2.71. The molecule has 2 fully saturated rings. The van der Waals surface area contributed by atoms with Gasteiger partial charge in [-0.3, -0.25) is 9.80 Å². The maximum absolute atomic E-state index is 2.66. The van der Waals surface area contributed by atoms with Crippen molar-refractivity contribution in [2.24, 2.45) is 5.92 Å². The van der Waals surface area contributed by atoms with Gasteiger partial charge in [-0.05, 0) is 31.7 Å². The molecule has 0 amide bonds. The zero-order valence-electron chi connectivity index (χ0n) is 9.54. The van der Waals surface area contributed by atoms with Crippen LogP contribution in [-0.2, 0) is 0 Å². The molecular formula is C12H24N2. The highest BCUT2D eigenvalue weighted by molar-refractivity contribution is 4.76. The molecule has 0 atom stereocenters. The molecule has 1 aliphatic heterocycles. The summed E-state index contributed by atoms with van der Waals surface area (Å²) < 4.78 is 0. The van der Waals surface area contributed by atoms with E-state index in [-0.39, 0.29) is 0 Å². The topological polar surface area (TPSA) is 6.48 Å². The second-order valence-electron chi connectivity index (χ2n) is 4.99. The Balaban J connectivity index is 1.67. The molecule has 0 aromatic rings. The molecular weight excluding hydrogens is 172 g/mol. The molecule has 0 aromatic heterocycles. The predicted octanol–water partition coefficient (Wildman–Crippen LogP) is 2.16. The minimum atomic E-state index is 1.02. The molecule has 2 rings (SSSR count). The van der Waals surface area contributed by atoms with Gasteiger partial charge in [0.25, 0.3) is 0 Å². The molecule has 2 heteroatoms. The summed E-state index contributed by atoms with van der Waals surface area (Å²) in [7, 11) is 0. The number of nitrogens with zero attached hydrogens (tertiary/aromatic N) is 2. The highest BCUT2D eigenvalue weighted by atomic mass is 15.4. The van der Waals surface area contributed by atoms with E-state index in [9.17, 15) is 0 Å². The van der Waals surface area contributed by atoms with Crippen LogP contribution in [0, 0.1) is 5.92 Å². The fraction of sp³-hybridized carbons (Fsp3) is 1.00. The fourth-order valence-corrected chi connectivity index (χ4v) is 2.91. The van der Waals surface area contributed by atoms with Crippen LogP contribution in [0.5, 0.6) is 0 Å². The first kappa shape index (κ1) is 10.4. The lowest BCUT2D eigenvalue weighted by molar-refractivity contribution is 0.220. The van der Waals surface area contributed by atoms with Crippen LogP contribution < -0.4 is 0 Å². The molecule has 1 heterocycles. The van der Waals surface area contributed by atoms with Crippen molar-refractivity contribution < 1.29 is 0 Å². The number of rotatable bonds is 4. The van der Waals surface area contributed by atoms with Crippen LogP contribution in [0.15, 0.2) is 0 Å². The molecule has 2 nitrogen and oxygen atoms in total.